The lowest BCUT2D eigenvalue weighted by Crippen LogP contribution is -2.29. The number of aryl methyl sites for hydroxylation is 3. The van der Waals surface area contributed by atoms with Gasteiger partial charge in [0, 0.05) is 23.6 Å². The van der Waals surface area contributed by atoms with E-state index in [0.29, 0.717) is 12.4 Å². The minimum atomic E-state index is -0.395. The first kappa shape index (κ1) is 23.5. The van der Waals surface area contributed by atoms with Crippen molar-refractivity contribution in [2.24, 2.45) is 7.05 Å². The topological polar surface area (TPSA) is 141 Å². The van der Waals surface area contributed by atoms with E-state index in [1.54, 1.807) is 7.05 Å². The van der Waals surface area contributed by atoms with Crippen molar-refractivity contribution < 1.29 is 14.0 Å². The molecule has 0 fully saturated rings. The van der Waals surface area contributed by atoms with Crippen LogP contribution in [0.25, 0.3) is 22.4 Å². The van der Waals surface area contributed by atoms with Crippen LogP contribution in [0, 0.1) is 6.92 Å². The second-order valence-electron chi connectivity index (χ2n) is 9.28. The van der Waals surface area contributed by atoms with E-state index < -0.39 is 5.91 Å². The molecule has 38 heavy (non-hydrogen) atoms. The average Bonchev–Trinajstić information content (AvgIpc) is 3.64. The van der Waals surface area contributed by atoms with Gasteiger partial charge in [-0.25, -0.2) is 9.97 Å². The number of aromatic nitrogens is 6. The third-order valence-corrected chi connectivity index (χ3v) is 6.59. The summed E-state index contributed by atoms with van der Waals surface area (Å²) in [5.41, 5.74) is 4.97. The summed E-state index contributed by atoms with van der Waals surface area (Å²) in [4.78, 5) is 35.3. The van der Waals surface area contributed by atoms with Crippen LogP contribution in [0.2, 0.25) is 0 Å². The van der Waals surface area contributed by atoms with Gasteiger partial charge in [-0.3, -0.25) is 9.59 Å². The van der Waals surface area contributed by atoms with Crippen LogP contribution in [0.4, 0.5) is 0 Å². The molecule has 190 valence electrons. The van der Waals surface area contributed by atoms with Crippen molar-refractivity contribution in [1.82, 2.24) is 40.8 Å². The fraction of sp³-hybridized carbons (Fsp3) is 0.222. The fourth-order valence-electron chi connectivity index (χ4n) is 4.74. The lowest BCUT2D eigenvalue weighted by molar-refractivity contribution is 0.0931. The Morgan fingerprint density at radius 3 is 2.71 bits per heavy atom. The zero-order chi connectivity index (χ0) is 26.2. The molecule has 3 heterocycles. The van der Waals surface area contributed by atoms with Gasteiger partial charge in [-0.2, -0.15) is 4.80 Å². The maximum Gasteiger partial charge on any atom is 0.270 e. The summed E-state index contributed by atoms with van der Waals surface area (Å²) in [5.74, 6) is 0.635. The van der Waals surface area contributed by atoms with Gasteiger partial charge < -0.3 is 15.1 Å². The maximum absolute atomic E-state index is 13.0. The molecule has 6 rings (SSSR count). The molecular weight excluding hydrogens is 484 g/mol. The molecule has 0 aliphatic heterocycles. The first-order valence-electron chi connectivity index (χ1n) is 12.2. The largest absolute Gasteiger partial charge is 0.461 e. The van der Waals surface area contributed by atoms with Crippen LogP contribution in [0.1, 0.15) is 55.9 Å². The summed E-state index contributed by atoms with van der Waals surface area (Å²) >= 11 is 0. The van der Waals surface area contributed by atoms with Crippen molar-refractivity contribution in [3.63, 3.8) is 0 Å². The number of fused-ring (bicyclic) bond motifs is 2. The van der Waals surface area contributed by atoms with Crippen LogP contribution < -0.4 is 10.6 Å². The van der Waals surface area contributed by atoms with E-state index in [2.05, 4.69) is 36.0 Å². The third kappa shape index (κ3) is 4.61. The Kier molecular flexibility index (Phi) is 5.87. The Morgan fingerprint density at radius 2 is 1.89 bits per heavy atom. The summed E-state index contributed by atoms with van der Waals surface area (Å²) in [6.45, 7) is 2.19. The van der Waals surface area contributed by atoms with E-state index in [1.165, 1.54) is 17.2 Å². The summed E-state index contributed by atoms with van der Waals surface area (Å²) in [5, 5.41) is 19.1. The van der Waals surface area contributed by atoms with Gasteiger partial charge in [-0.05, 0) is 59.9 Å². The average molecular weight is 509 g/mol. The molecule has 0 unspecified atom stereocenters. The highest BCUT2D eigenvalue weighted by Gasteiger charge is 2.26. The molecule has 3 aromatic heterocycles. The van der Waals surface area contributed by atoms with E-state index in [1.807, 2.05) is 49.4 Å². The van der Waals surface area contributed by atoms with Gasteiger partial charge >= 0.3 is 0 Å². The highest BCUT2D eigenvalue weighted by atomic mass is 16.3. The molecule has 2 amide bonds. The summed E-state index contributed by atoms with van der Waals surface area (Å²) in [6.07, 6.45) is 2.80. The van der Waals surface area contributed by atoms with Crippen molar-refractivity contribution in [2.75, 3.05) is 0 Å². The molecule has 1 aliphatic rings. The van der Waals surface area contributed by atoms with Gasteiger partial charge in [0.05, 0.1) is 13.1 Å². The van der Waals surface area contributed by atoms with E-state index in [0.717, 1.165) is 51.8 Å². The second-order valence-corrected chi connectivity index (χ2v) is 9.28. The fourth-order valence-corrected chi connectivity index (χ4v) is 4.74. The molecule has 0 bridgehead atoms. The van der Waals surface area contributed by atoms with Gasteiger partial charge in [0.15, 0.2) is 0 Å². The van der Waals surface area contributed by atoms with E-state index in [9.17, 15) is 9.59 Å². The number of nitrogens with zero attached hydrogens (tertiary/aromatic N) is 6. The van der Waals surface area contributed by atoms with Gasteiger partial charge in [-0.15, -0.1) is 10.2 Å². The van der Waals surface area contributed by atoms with Crippen molar-refractivity contribution in [3.05, 3.63) is 88.7 Å². The summed E-state index contributed by atoms with van der Waals surface area (Å²) in [7, 11) is 1.72. The molecule has 2 N–H and O–H groups in total. The molecule has 11 heteroatoms. The Bertz CT molecular complexity index is 1690. The number of hydrogen-bond acceptors (Lipinski definition) is 8. The number of nitrogens with one attached hydrogen (secondary N) is 2. The quantitative estimate of drug-likeness (QED) is 0.357. The number of tetrazole rings is 1. The van der Waals surface area contributed by atoms with Crippen molar-refractivity contribution >= 4 is 22.8 Å². The van der Waals surface area contributed by atoms with Gasteiger partial charge in [0.2, 0.25) is 5.82 Å². The highest BCUT2D eigenvalue weighted by molar-refractivity contribution is 5.97. The van der Waals surface area contributed by atoms with E-state index >= 15 is 0 Å². The Hall–Kier alpha value is -4.93. The normalized spacial score (nSPS) is 14.4. The van der Waals surface area contributed by atoms with Crippen molar-refractivity contribution in [3.8, 4) is 11.4 Å². The summed E-state index contributed by atoms with van der Waals surface area (Å²) in [6, 6.07) is 14.9. The second kappa shape index (κ2) is 9.51. The van der Waals surface area contributed by atoms with E-state index in [4.69, 9.17) is 4.42 Å². The SMILES string of the molecule is Cc1cc2ccc(CNC(=O)c3cc(C(=O)N[C@H]4CCc5cc(-c6nnn(C)n6)ccc54)ncn3)cc2o1. The van der Waals surface area contributed by atoms with Crippen LogP contribution in [0.15, 0.2) is 59.3 Å². The van der Waals surface area contributed by atoms with Crippen LogP contribution in [-0.4, -0.2) is 42.0 Å². The smallest absolute Gasteiger partial charge is 0.270 e. The number of carbonyl (C=O) groups excluding carboxylic acids is 2. The number of hydrogen-bond donors (Lipinski definition) is 2. The number of carbonyl (C=O) groups is 2. The lowest BCUT2D eigenvalue weighted by atomic mass is 10.0. The number of furan rings is 1. The maximum atomic E-state index is 13.0. The van der Waals surface area contributed by atoms with Crippen LogP contribution in [-0.2, 0) is 20.0 Å². The zero-order valence-electron chi connectivity index (χ0n) is 20.8. The molecule has 0 saturated heterocycles. The third-order valence-electron chi connectivity index (χ3n) is 6.59. The summed E-state index contributed by atoms with van der Waals surface area (Å²) < 4.78 is 5.66. The molecular formula is C27H24N8O3. The number of amides is 2. The van der Waals surface area contributed by atoms with Crippen molar-refractivity contribution in [2.45, 2.75) is 32.4 Å². The highest BCUT2D eigenvalue weighted by Crippen LogP contribution is 2.33. The van der Waals surface area contributed by atoms with Gasteiger partial charge in [0.1, 0.15) is 29.1 Å². The van der Waals surface area contributed by atoms with E-state index in [-0.39, 0.29) is 23.3 Å². The number of benzene rings is 2. The molecule has 1 atom stereocenters. The molecule has 5 aromatic rings. The minimum absolute atomic E-state index is 0.119. The first-order chi connectivity index (χ1) is 18.4. The molecule has 11 nitrogen and oxygen atoms in total. The monoisotopic (exact) mass is 508 g/mol. The van der Waals surface area contributed by atoms with Crippen LogP contribution in [0.3, 0.4) is 0 Å². The lowest BCUT2D eigenvalue weighted by Gasteiger charge is -2.14. The standard InChI is InChI=1S/C27H24N8O3/c1-15-9-18-4-3-16(10-24(18)38-15)13-28-26(36)22-12-23(30-14-29-22)27(37)31-21-8-6-17-11-19(5-7-20(17)21)25-32-34-35(2)33-25/h3-5,7,9-12,14,21H,6,8,13H2,1-2H3,(H,28,36)(H,31,37)/t21-/m0/s1. The van der Waals surface area contributed by atoms with Gasteiger partial charge in [0.25, 0.3) is 11.8 Å². The Balaban J connectivity index is 1.11. The predicted octanol–water partition coefficient (Wildman–Crippen LogP) is 3.07. The molecule has 0 spiro atoms. The Morgan fingerprint density at radius 1 is 1.05 bits per heavy atom. The van der Waals surface area contributed by atoms with Crippen LogP contribution >= 0.6 is 0 Å². The first-order valence-corrected chi connectivity index (χ1v) is 12.2. The molecule has 0 saturated carbocycles. The molecule has 2 aromatic carbocycles. The van der Waals surface area contributed by atoms with Crippen molar-refractivity contribution in [1.29, 1.82) is 0 Å². The predicted molar refractivity (Wildman–Crippen MR) is 137 cm³/mol. The van der Waals surface area contributed by atoms with Gasteiger partial charge in [-0.1, -0.05) is 24.3 Å². The van der Waals surface area contributed by atoms with Crippen LogP contribution in [0.5, 0.6) is 0 Å². The Labute approximate surface area is 217 Å². The molecule has 1 aliphatic carbocycles. The minimum Gasteiger partial charge on any atom is -0.461 e. The number of rotatable bonds is 6. The molecule has 0 radical (unpaired) electrons. The zero-order valence-corrected chi connectivity index (χ0v) is 20.8.